The number of hydrogen-bond acceptors (Lipinski definition) is 9. The molecule has 3 aromatic heterocycles. The number of nitrogens with zero attached hydrogens (tertiary/aromatic N) is 8. The quantitative estimate of drug-likeness (QED) is 0.256. The molecule has 12 nitrogen and oxygen atoms in total. The van der Waals surface area contributed by atoms with Crippen molar-refractivity contribution in [2.75, 3.05) is 31.5 Å². The first-order valence-corrected chi connectivity index (χ1v) is 15.0. The number of aromatic nitrogens is 6. The number of anilines is 1. The summed E-state index contributed by atoms with van der Waals surface area (Å²) in [6.45, 7) is 6.01. The van der Waals surface area contributed by atoms with Crippen LogP contribution in [-0.2, 0) is 11.8 Å². The van der Waals surface area contributed by atoms with Gasteiger partial charge in [-0.3, -0.25) is 19.5 Å². The number of rotatable bonds is 9. The summed E-state index contributed by atoms with van der Waals surface area (Å²) in [5.41, 5.74) is 3.57. The molecule has 4 heterocycles. The Bertz CT molecular complexity index is 1810. The van der Waals surface area contributed by atoms with Crippen molar-refractivity contribution in [3.05, 3.63) is 83.7 Å². The van der Waals surface area contributed by atoms with E-state index in [1.807, 2.05) is 13.8 Å². The van der Waals surface area contributed by atoms with Crippen LogP contribution in [0.25, 0.3) is 22.6 Å². The summed E-state index contributed by atoms with van der Waals surface area (Å²) in [5.74, 6) is 0.284. The minimum absolute atomic E-state index is 0.0161. The third-order valence-corrected chi connectivity index (χ3v) is 8.16. The maximum absolute atomic E-state index is 13.7. The molecular formula is C32H34FN9O3. The van der Waals surface area contributed by atoms with Gasteiger partial charge in [0.2, 0.25) is 11.8 Å². The van der Waals surface area contributed by atoms with E-state index in [-0.39, 0.29) is 35.3 Å². The normalized spacial score (nSPS) is 14.6. The molecule has 0 aliphatic carbocycles. The van der Waals surface area contributed by atoms with Gasteiger partial charge in [-0.25, -0.2) is 9.37 Å². The Kier molecular flexibility index (Phi) is 8.60. The molecule has 1 fully saturated rings. The summed E-state index contributed by atoms with van der Waals surface area (Å²) < 4.78 is 19.7. The SMILES string of the molecule is CCC(CC)C(=O)Nc1ccc2oc(-c3ccnc(C(=O)N4CCN(C(c5ccc(F)cc5)c5nnn(C)n5)CC4)c3)nc2c1. The number of benzene rings is 2. The standard InChI is InChI=1S/C32H34FN9O3/c1-4-20(5-2)30(43)35-24-10-11-27-25(19-24)36-31(45-27)22-12-13-34-26(18-22)32(44)42-16-14-41(15-17-42)28(29-37-39-40(3)38-29)21-6-8-23(33)9-7-21/h6-13,18-20,28H,4-5,14-17H2,1-3H3,(H,35,43). The molecule has 1 atom stereocenters. The van der Waals surface area contributed by atoms with Crippen LogP contribution in [0.2, 0.25) is 0 Å². The van der Waals surface area contributed by atoms with Crippen LogP contribution in [0, 0.1) is 11.7 Å². The van der Waals surface area contributed by atoms with Gasteiger partial charge in [0.05, 0.1) is 13.1 Å². The van der Waals surface area contributed by atoms with Crippen molar-refractivity contribution in [2.45, 2.75) is 32.7 Å². The number of halogens is 1. The second-order valence-electron chi connectivity index (χ2n) is 11.1. The van der Waals surface area contributed by atoms with E-state index in [9.17, 15) is 14.0 Å². The molecule has 45 heavy (non-hydrogen) atoms. The summed E-state index contributed by atoms with van der Waals surface area (Å²) in [4.78, 5) is 40.4. The van der Waals surface area contributed by atoms with Crippen LogP contribution < -0.4 is 5.32 Å². The minimum atomic E-state index is -0.328. The van der Waals surface area contributed by atoms with Crippen LogP contribution in [0.3, 0.4) is 0 Å². The predicted octanol–water partition coefficient (Wildman–Crippen LogP) is 4.47. The van der Waals surface area contributed by atoms with E-state index in [1.54, 1.807) is 60.6 Å². The van der Waals surface area contributed by atoms with Crippen LogP contribution in [0.1, 0.15) is 54.6 Å². The fraction of sp³-hybridized carbons (Fsp3) is 0.344. The molecular weight excluding hydrogens is 577 g/mol. The molecule has 0 saturated carbocycles. The van der Waals surface area contributed by atoms with E-state index in [2.05, 4.69) is 35.6 Å². The number of carbonyl (C=O) groups is 2. The number of oxazole rings is 1. The number of aryl methyl sites for hydroxylation is 1. The number of pyridine rings is 1. The topological polar surface area (TPSA) is 135 Å². The Hall–Kier alpha value is -5.04. The van der Waals surface area contributed by atoms with Crippen molar-refractivity contribution in [3.63, 3.8) is 0 Å². The highest BCUT2D eigenvalue weighted by molar-refractivity contribution is 5.95. The predicted molar refractivity (Wildman–Crippen MR) is 164 cm³/mol. The molecule has 5 aromatic rings. The Balaban J connectivity index is 1.15. The molecule has 1 N–H and O–H groups in total. The third-order valence-electron chi connectivity index (χ3n) is 8.16. The van der Waals surface area contributed by atoms with Gasteiger partial charge in [0.1, 0.15) is 17.0 Å². The second-order valence-corrected chi connectivity index (χ2v) is 11.1. The zero-order valence-electron chi connectivity index (χ0n) is 25.4. The third kappa shape index (κ3) is 6.43. The number of piperazine rings is 1. The van der Waals surface area contributed by atoms with Crippen LogP contribution in [0.4, 0.5) is 10.1 Å². The van der Waals surface area contributed by atoms with Crippen LogP contribution in [0.15, 0.2) is 65.2 Å². The van der Waals surface area contributed by atoms with Gasteiger partial charge >= 0.3 is 0 Å². The summed E-state index contributed by atoms with van der Waals surface area (Å²) >= 11 is 0. The molecule has 0 radical (unpaired) electrons. The Morgan fingerprint density at radius 2 is 1.76 bits per heavy atom. The average molecular weight is 612 g/mol. The average Bonchev–Trinajstić information content (AvgIpc) is 3.68. The Labute approximate surface area is 259 Å². The smallest absolute Gasteiger partial charge is 0.272 e. The molecule has 1 saturated heterocycles. The van der Waals surface area contributed by atoms with Gasteiger partial charge in [0.25, 0.3) is 5.91 Å². The van der Waals surface area contributed by atoms with Crippen LogP contribution in [-0.4, -0.2) is 78.0 Å². The first-order chi connectivity index (χ1) is 21.8. The minimum Gasteiger partial charge on any atom is -0.436 e. The van der Waals surface area contributed by atoms with E-state index in [4.69, 9.17) is 4.42 Å². The largest absolute Gasteiger partial charge is 0.436 e. The monoisotopic (exact) mass is 611 g/mol. The summed E-state index contributed by atoms with van der Waals surface area (Å²) in [7, 11) is 1.70. The van der Waals surface area contributed by atoms with Gasteiger partial charge < -0.3 is 14.6 Å². The van der Waals surface area contributed by atoms with Gasteiger partial charge in [0, 0.05) is 49.5 Å². The highest BCUT2D eigenvalue weighted by atomic mass is 19.1. The molecule has 13 heteroatoms. The number of fused-ring (bicyclic) bond motifs is 1. The molecule has 1 aliphatic rings. The molecule has 1 unspecified atom stereocenters. The zero-order chi connectivity index (χ0) is 31.5. The Morgan fingerprint density at radius 1 is 1.00 bits per heavy atom. The molecule has 0 bridgehead atoms. The molecule has 232 valence electrons. The number of carbonyl (C=O) groups excluding carboxylic acids is 2. The van der Waals surface area contributed by atoms with Crippen LogP contribution >= 0.6 is 0 Å². The number of hydrogen-bond donors (Lipinski definition) is 1. The van der Waals surface area contributed by atoms with Crippen molar-refractivity contribution in [2.24, 2.45) is 13.0 Å². The van der Waals surface area contributed by atoms with Gasteiger partial charge in [-0.1, -0.05) is 26.0 Å². The molecule has 2 aromatic carbocycles. The molecule has 6 rings (SSSR count). The molecule has 0 spiro atoms. The van der Waals surface area contributed by atoms with E-state index < -0.39 is 0 Å². The number of nitrogens with one attached hydrogen (secondary N) is 1. The van der Waals surface area contributed by atoms with E-state index in [1.165, 1.54) is 16.9 Å². The summed E-state index contributed by atoms with van der Waals surface area (Å²) in [5, 5.41) is 15.6. The van der Waals surface area contributed by atoms with E-state index in [0.717, 1.165) is 18.4 Å². The maximum atomic E-state index is 13.7. The van der Waals surface area contributed by atoms with Gasteiger partial charge in [-0.05, 0) is 66.1 Å². The van der Waals surface area contributed by atoms with Gasteiger partial charge in [-0.15, -0.1) is 10.2 Å². The summed E-state index contributed by atoms with van der Waals surface area (Å²) in [6, 6.07) is 14.7. The van der Waals surface area contributed by atoms with Crippen molar-refractivity contribution in [1.82, 2.24) is 40.0 Å². The fourth-order valence-electron chi connectivity index (χ4n) is 5.63. The van der Waals surface area contributed by atoms with E-state index in [0.29, 0.717) is 60.2 Å². The molecule has 2 amide bonds. The number of amides is 2. The Morgan fingerprint density at radius 3 is 2.44 bits per heavy atom. The van der Waals surface area contributed by atoms with Crippen molar-refractivity contribution < 1.29 is 18.4 Å². The lowest BCUT2D eigenvalue weighted by atomic mass is 10.0. The molecule has 1 aliphatic heterocycles. The maximum Gasteiger partial charge on any atom is 0.272 e. The fourth-order valence-corrected chi connectivity index (χ4v) is 5.63. The highest BCUT2D eigenvalue weighted by Gasteiger charge is 2.31. The van der Waals surface area contributed by atoms with E-state index >= 15 is 0 Å². The van der Waals surface area contributed by atoms with Crippen molar-refractivity contribution >= 4 is 28.6 Å². The van der Waals surface area contributed by atoms with Gasteiger partial charge in [0.15, 0.2) is 11.4 Å². The number of tetrazole rings is 1. The lowest BCUT2D eigenvalue weighted by Crippen LogP contribution is -2.50. The first kappa shape index (κ1) is 30.0. The van der Waals surface area contributed by atoms with Crippen LogP contribution in [0.5, 0.6) is 0 Å². The highest BCUT2D eigenvalue weighted by Crippen LogP contribution is 2.29. The zero-order valence-corrected chi connectivity index (χ0v) is 25.4. The lowest BCUT2D eigenvalue weighted by Gasteiger charge is -2.38. The van der Waals surface area contributed by atoms with Crippen molar-refractivity contribution in [3.8, 4) is 11.5 Å². The van der Waals surface area contributed by atoms with Gasteiger partial charge in [-0.2, -0.15) is 4.80 Å². The lowest BCUT2D eigenvalue weighted by molar-refractivity contribution is -0.120. The second kappa shape index (κ2) is 12.9. The first-order valence-electron chi connectivity index (χ1n) is 15.0. The van der Waals surface area contributed by atoms with Crippen molar-refractivity contribution in [1.29, 1.82) is 0 Å². The summed E-state index contributed by atoms with van der Waals surface area (Å²) in [6.07, 6.45) is 3.11.